The molecule has 0 spiro atoms. The second kappa shape index (κ2) is 9.41. The highest BCUT2D eigenvalue weighted by molar-refractivity contribution is 7.98. The van der Waals surface area contributed by atoms with Crippen molar-refractivity contribution in [2.45, 2.75) is 63.2 Å². The van der Waals surface area contributed by atoms with E-state index in [2.05, 4.69) is 15.3 Å². The Morgan fingerprint density at radius 1 is 1.32 bits per heavy atom. The van der Waals surface area contributed by atoms with Crippen molar-refractivity contribution in [3.63, 3.8) is 0 Å². The van der Waals surface area contributed by atoms with Crippen molar-refractivity contribution in [1.29, 1.82) is 0 Å². The number of aryl methyl sites for hydroxylation is 2. The number of thioether (sulfide) groups is 1. The molecular formula is C20H27N3O3S2. The first-order chi connectivity index (χ1) is 13.7. The molecule has 0 aromatic carbocycles. The summed E-state index contributed by atoms with van der Waals surface area (Å²) in [6, 6.07) is 0. The zero-order valence-corrected chi connectivity index (χ0v) is 17.7. The maximum atomic E-state index is 12.5. The first kappa shape index (κ1) is 19.9. The molecule has 1 fully saturated rings. The maximum absolute atomic E-state index is 12.5. The summed E-state index contributed by atoms with van der Waals surface area (Å²) in [4.78, 5) is 34.3. The molecule has 0 radical (unpaired) electrons. The lowest BCUT2D eigenvalue weighted by Crippen LogP contribution is -2.27. The van der Waals surface area contributed by atoms with Crippen LogP contribution in [0.3, 0.4) is 0 Å². The van der Waals surface area contributed by atoms with Crippen molar-refractivity contribution in [1.82, 2.24) is 15.3 Å². The summed E-state index contributed by atoms with van der Waals surface area (Å²) in [7, 11) is 0. The lowest BCUT2D eigenvalue weighted by molar-refractivity contribution is -0.120. The van der Waals surface area contributed by atoms with Crippen LogP contribution in [0.1, 0.15) is 54.8 Å². The molecule has 4 rings (SSSR count). The van der Waals surface area contributed by atoms with Crippen molar-refractivity contribution >= 4 is 39.2 Å². The Morgan fingerprint density at radius 3 is 3.07 bits per heavy atom. The Labute approximate surface area is 172 Å². The molecule has 1 saturated heterocycles. The van der Waals surface area contributed by atoms with Gasteiger partial charge in [-0.2, -0.15) is 11.8 Å². The van der Waals surface area contributed by atoms with Crippen molar-refractivity contribution in [3.05, 3.63) is 26.6 Å². The number of nitrogens with one attached hydrogen (secondary N) is 2. The van der Waals surface area contributed by atoms with Gasteiger partial charge >= 0.3 is 0 Å². The van der Waals surface area contributed by atoms with Gasteiger partial charge in [-0.15, -0.1) is 11.3 Å². The highest BCUT2D eigenvalue weighted by Gasteiger charge is 2.19. The van der Waals surface area contributed by atoms with Gasteiger partial charge in [-0.1, -0.05) is 0 Å². The summed E-state index contributed by atoms with van der Waals surface area (Å²) in [5.74, 6) is 2.12. The molecule has 28 heavy (non-hydrogen) atoms. The van der Waals surface area contributed by atoms with Crippen LogP contribution in [-0.2, 0) is 28.1 Å². The van der Waals surface area contributed by atoms with E-state index in [1.807, 2.05) is 0 Å². The number of aromatic amines is 1. The van der Waals surface area contributed by atoms with Crippen molar-refractivity contribution in [2.75, 3.05) is 18.9 Å². The second-order valence-electron chi connectivity index (χ2n) is 7.48. The first-order valence-corrected chi connectivity index (χ1v) is 12.2. The fourth-order valence-electron chi connectivity index (χ4n) is 3.94. The number of hydrogen-bond acceptors (Lipinski definition) is 6. The molecule has 0 bridgehead atoms. The summed E-state index contributed by atoms with van der Waals surface area (Å²) in [6.07, 6.45) is 8.36. The number of thiophene rings is 1. The second-order valence-corrected chi connectivity index (χ2v) is 9.67. The number of carbonyl (C=O) groups is 1. The third-order valence-corrected chi connectivity index (χ3v) is 7.55. The third-order valence-electron chi connectivity index (χ3n) is 5.40. The highest BCUT2D eigenvalue weighted by Crippen LogP contribution is 2.33. The van der Waals surface area contributed by atoms with Crippen LogP contribution in [0.2, 0.25) is 0 Å². The molecule has 6 nitrogen and oxygen atoms in total. The predicted molar refractivity (Wildman–Crippen MR) is 114 cm³/mol. The molecule has 0 saturated carbocycles. The Hall–Kier alpha value is -1.38. The van der Waals surface area contributed by atoms with Crippen LogP contribution < -0.4 is 10.9 Å². The van der Waals surface area contributed by atoms with Gasteiger partial charge in [0.25, 0.3) is 5.56 Å². The molecule has 152 valence electrons. The molecule has 1 aliphatic carbocycles. The lowest BCUT2D eigenvalue weighted by Gasteiger charge is -2.10. The molecule has 2 N–H and O–H groups in total. The fraction of sp³-hybridized carbons (Fsp3) is 0.650. The van der Waals surface area contributed by atoms with Gasteiger partial charge in [0.05, 0.1) is 17.2 Å². The van der Waals surface area contributed by atoms with Crippen LogP contribution in [0, 0.1) is 0 Å². The molecule has 3 heterocycles. The summed E-state index contributed by atoms with van der Waals surface area (Å²) in [5.41, 5.74) is 1.21. The number of nitrogens with zero attached hydrogens (tertiary/aromatic N) is 1. The van der Waals surface area contributed by atoms with Crippen LogP contribution in [0.5, 0.6) is 0 Å². The SMILES string of the molecule is O=C(CCSCc1nc2sc3c(c2c(=O)[nH]1)CCCC3)NCCC1CCCO1. The van der Waals surface area contributed by atoms with Gasteiger partial charge in [0.1, 0.15) is 10.7 Å². The van der Waals surface area contributed by atoms with Crippen molar-refractivity contribution in [2.24, 2.45) is 0 Å². The normalized spacial score (nSPS) is 19.1. The summed E-state index contributed by atoms with van der Waals surface area (Å²) in [5, 5.41) is 3.77. The molecule has 2 aromatic heterocycles. The fourth-order valence-corrected chi connectivity index (χ4v) is 6.03. The van der Waals surface area contributed by atoms with Crippen LogP contribution >= 0.6 is 23.1 Å². The number of ether oxygens (including phenoxy) is 1. The van der Waals surface area contributed by atoms with E-state index in [4.69, 9.17) is 4.74 Å². The van der Waals surface area contributed by atoms with E-state index in [1.165, 1.54) is 16.9 Å². The minimum atomic E-state index is -0.00752. The first-order valence-electron chi connectivity index (χ1n) is 10.2. The monoisotopic (exact) mass is 421 g/mol. The molecule has 8 heteroatoms. The zero-order chi connectivity index (χ0) is 19.3. The number of amides is 1. The van der Waals surface area contributed by atoms with E-state index in [9.17, 15) is 9.59 Å². The smallest absolute Gasteiger partial charge is 0.259 e. The van der Waals surface area contributed by atoms with Gasteiger partial charge in [0.2, 0.25) is 5.91 Å². The van der Waals surface area contributed by atoms with Crippen LogP contribution in [0.4, 0.5) is 0 Å². The number of rotatable bonds is 8. The van der Waals surface area contributed by atoms with Gasteiger partial charge < -0.3 is 15.0 Å². The van der Waals surface area contributed by atoms with Crippen LogP contribution in [0.25, 0.3) is 10.2 Å². The van der Waals surface area contributed by atoms with E-state index < -0.39 is 0 Å². The molecule has 1 atom stereocenters. The highest BCUT2D eigenvalue weighted by atomic mass is 32.2. The van der Waals surface area contributed by atoms with E-state index in [-0.39, 0.29) is 11.5 Å². The number of fused-ring (bicyclic) bond motifs is 3. The van der Waals surface area contributed by atoms with Gasteiger partial charge in [-0.3, -0.25) is 9.59 Å². The summed E-state index contributed by atoms with van der Waals surface area (Å²) >= 11 is 3.31. The van der Waals surface area contributed by atoms with Gasteiger partial charge in [0, 0.05) is 30.2 Å². The summed E-state index contributed by atoms with van der Waals surface area (Å²) in [6.45, 7) is 1.54. The van der Waals surface area contributed by atoms with Gasteiger partial charge in [0.15, 0.2) is 0 Å². The molecule has 2 aliphatic rings. The van der Waals surface area contributed by atoms with Crippen molar-refractivity contribution in [3.8, 4) is 0 Å². The minimum Gasteiger partial charge on any atom is -0.378 e. The van der Waals surface area contributed by atoms with Gasteiger partial charge in [-0.05, 0) is 50.5 Å². The quantitative estimate of drug-likeness (QED) is 0.640. The molecule has 2 aromatic rings. The Kier molecular flexibility index (Phi) is 6.69. The van der Waals surface area contributed by atoms with E-state index >= 15 is 0 Å². The number of H-pyrrole nitrogens is 1. The molecular weight excluding hydrogens is 394 g/mol. The Bertz CT molecular complexity index is 887. The van der Waals surface area contributed by atoms with E-state index in [0.29, 0.717) is 36.4 Å². The summed E-state index contributed by atoms with van der Waals surface area (Å²) < 4.78 is 5.56. The lowest BCUT2D eigenvalue weighted by atomic mass is 9.97. The molecule has 1 amide bonds. The Balaban J connectivity index is 1.23. The number of aromatic nitrogens is 2. The Morgan fingerprint density at radius 2 is 2.21 bits per heavy atom. The van der Waals surface area contributed by atoms with Gasteiger partial charge in [-0.25, -0.2) is 4.98 Å². The van der Waals surface area contributed by atoms with Crippen molar-refractivity contribution < 1.29 is 9.53 Å². The average Bonchev–Trinajstić information content (AvgIpc) is 3.32. The van der Waals surface area contributed by atoms with E-state index in [0.717, 1.165) is 55.3 Å². The maximum Gasteiger partial charge on any atom is 0.259 e. The number of hydrogen-bond donors (Lipinski definition) is 2. The predicted octanol–water partition coefficient (Wildman–Crippen LogP) is 3.17. The molecule has 1 unspecified atom stereocenters. The van der Waals surface area contributed by atoms with Crippen LogP contribution in [0.15, 0.2) is 4.79 Å². The topological polar surface area (TPSA) is 84.1 Å². The standard InChI is InChI=1S/C20H27N3O3S2/c24-17(21-9-7-13-4-3-10-26-13)8-11-27-12-16-22-19(25)18-14-5-1-2-6-15(14)28-20(18)23-16/h13H,1-12H2,(H,21,24)(H,22,23,25). The number of carbonyl (C=O) groups excluding carboxylic acids is 1. The van der Waals surface area contributed by atoms with Crippen LogP contribution in [-0.4, -0.2) is 40.9 Å². The third kappa shape index (κ3) is 4.78. The minimum absolute atomic E-state index is 0.00752. The largest absolute Gasteiger partial charge is 0.378 e. The average molecular weight is 422 g/mol. The zero-order valence-electron chi connectivity index (χ0n) is 16.1. The molecule has 1 aliphatic heterocycles. The van der Waals surface area contributed by atoms with E-state index in [1.54, 1.807) is 23.1 Å².